The van der Waals surface area contributed by atoms with Gasteiger partial charge in [0.1, 0.15) is 46.5 Å². The Kier molecular flexibility index (Phi) is 35.0. The van der Waals surface area contributed by atoms with Gasteiger partial charge in [-0.05, 0) is 318 Å². The third-order valence-electron chi connectivity index (χ3n) is 27.1. The Morgan fingerprint density at radius 1 is 0.413 bits per heavy atom. The van der Waals surface area contributed by atoms with Crippen molar-refractivity contribution in [2.75, 3.05) is 57.3 Å². The van der Waals surface area contributed by atoms with Gasteiger partial charge in [0.15, 0.2) is 11.4 Å². The summed E-state index contributed by atoms with van der Waals surface area (Å²) in [6, 6.07) is 38.4. The number of fused-ring (bicyclic) bond motifs is 14. The van der Waals surface area contributed by atoms with Gasteiger partial charge in [0, 0.05) is 224 Å². The third kappa shape index (κ3) is 26.1. The third-order valence-corrected chi connectivity index (χ3v) is 28.3. The fourth-order valence-electron chi connectivity index (χ4n) is 19.0. The largest absolute Gasteiger partial charge is 0.460 e. The molecule has 4 atom stereocenters. The van der Waals surface area contributed by atoms with E-state index in [4.69, 9.17) is 61.8 Å². The van der Waals surface area contributed by atoms with Crippen LogP contribution in [0, 0.1) is 54.4 Å². The Balaban J connectivity index is 0.000000121. The molecule has 0 bridgehead atoms. The maximum atomic E-state index is 5.83. The molecule has 4 unspecified atom stereocenters. The molecule has 150 heavy (non-hydrogen) atoms. The SMILES string of the molecule is CC1=CCc2ccnc(N)c21.CC1=Cc2c(ccnc2N)C1.CC1C=Cc2c1ccnc2N.CC1CCc2c1ccnc2N.CC1CCc2ccnc(N)c21.CC1Cc2cccc(N)c2C1.Cc1c[nH]c2c(N)nccc12.Cc1c[nH]c2ccncc12.Cc1c[nH]c2cnccc12.Cc1cc2ccncc2[nH]1.Cc1cc2cnccc2[nH]1.Cc1coc2c(N)nccc12.Cc1csc2c(N)nccc12.Cn1ccc2c(N)nccc21. The molecule has 0 spiro atoms. The van der Waals surface area contributed by atoms with Crippen LogP contribution in [0.5, 0.6) is 0 Å². The minimum Gasteiger partial charge on any atom is -0.460 e. The molecule has 0 aliphatic heterocycles. The lowest BCUT2D eigenvalue weighted by Crippen LogP contribution is -1.98. The normalized spacial score (nSPS) is 14.3. The number of rotatable bonds is 0. The molecule has 0 radical (unpaired) electrons. The minimum absolute atomic E-state index is 0.454. The van der Waals surface area contributed by atoms with E-state index in [1.807, 2.05) is 186 Å². The number of anilines is 10. The number of nitrogen functional groups attached to an aromatic ring is 10. The van der Waals surface area contributed by atoms with Crippen LogP contribution in [0.4, 0.5) is 58.0 Å². The number of hydrogen-bond donors (Lipinski definition) is 15. The number of nitrogens with two attached hydrogens (primary N) is 10. The first-order valence-electron chi connectivity index (χ1n) is 49.9. The molecule has 25 N–H and O–H groups in total. The standard InChI is InChI=1S/C10H13N.C9H10N2.C9H12N2.C9H10N2.C9H12N2.C9H10N2.2C8H9N3.C8H8N2O.C8H8N2S.4C8H8N2/c1-7-5-8-3-2-4-10(11)9(8)6-7;1-6-4-7-2-3-11-9(10)8(7)5-6;2*1-6-2-3-8-7(6)4-5-11-9(8)10;2*1-6-2-3-7-4-5-11-9(10)8(6)7;1-11-5-3-6-7(11)2-4-10-8(6)9;3*1-5-4-11-7-6(5)2-3-10-8(7)9;1-6-4-10-8-2-3-9-5-7(6)8;1-6-4-7-5-9-3-2-8(7)10-6;1-6-4-10-8-5-9-3-2-7(6)8;1-6-4-7-2-3-9-5-8(7)10-6/h2-4,7H,5-6,11H2,1H3;2-3,5H,4H2,1H3,(H2,10,11);4-6H,2-3H2,1H3,(H2,10,11);2-6H,1H3,(H2,10,11);4-6H,2-3H2,1H3,(H2,10,11);2,4-5H,3H2,1H3,(H2,10,11);2-5H,1H3,(H2,9,10);2-4,11H,1H3,(H2,9,10);2*2-4H,1H3,(H2,9,10);4*2-5,10H,1H3. The maximum absolute atomic E-state index is 5.83. The molecule has 0 saturated heterocycles. The van der Waals surface area contributed by atoms with Crippen LogP contribution in [0.15, 0.2) is 279 Å². The van der Waals surface area contributed by atoms with Gasteiger partial charge in [0.05, 0.1) is 45.4 Å². The molecule has 0 fully saturated rings. The second kappa shape index (κ2) is 49.3. The van der Waals surface area contributed by atoms with Crippen molar-refractivity contribution < 1.29 is 4.42 Å². The quantitative estimate of drug-likeness (QED) is 0.0627. The van der Waals surface area contributed by atoms with Crippen LogP contribution in [-0.4, -0.2) is 94.3 Å². The highest BCUT2D eigenvalue weighted by atomic mass is 32.1. The molecule has 6 aliphatic rings. The van der Waals surface area contributed by atoms with E-state index in [2.05, 4.69) is 206 Å². The lowest BCUT2D eigenvalue weighted by Gasteiger charge is -2.05. The number of aryl methyl sites for hydroxylation is 9. The molecular weight excluding hydrogens is 1880 g/mol. The number of benzene rings is 1. The first-order chi connectivity index (χ1) is 72.3. The average molecular weight is 2020 g/mol. The molecule has 0 saturated carbocycles. The first kappa shape index (κ1) is 106. The first-order valence-corrected chi connectivity index (χ1v) is 50.8. The van der Waals surface area contributed by atoms with E-state index in [0.717, 1.165) is 119 Å². The molecule has 21 heterocycles. The topological polar surface area (TPSA) is 525 Å². The van der Waals surface area contributed by atoms with Crippen molar-refractivity contribution in [3.63, 3.8) is 0 Å². The predicted molar refractivity (Wildman–Crippen MR) is 622 cm³/mol. The number of thiophene rings is 1. The van der Waals surface area contributed by atoms with Gasteiger partial charge in [0.2, 0.25) is 0 Å². The summed E-state index contributed by atoms with van der Waals surface area (Å²) < 4.78 is 8.32. The van der Waals surface area contributed by atoms with Crippen molar-refractivity contribution in [3.8, 4) is 0 Å². The highest BCUT2D eigenvalue weighted by Crippen LogP contribution is 2.39. The van der Waals surface area contributed by atoms with Gasteiger partial charge >= 0.3 is 0 Å². The van der Waals surface area contributed by atoms with Crippen molar-refractivity contribution in [2.45, 2.75) is 159 Å². The van der Waals surface area contributed by atoms with Crippen LogP contribution in [0.3, 0.4) is 0 Å². The van der Waals surface area contributed by atoms with Crippen molar-refractivity contribution in [2.24, 2.45) is 13.0 Å². The average Bonchev–Trinajstić information content (AvgIpc) is 1.68. The lowest BCUT2D eigenvalue weighted by molar-refractivity contribution is 0.613. The second-order valence-corrected chi connectivity index (χ2v) is 39.1. The Bertz CT molecular complexity index is 7940. The van der Waals surface area contributed by atoms with Crippen LogP contribution in [0.2, 0.25) is 0 Å². The number of aromatic nitrogens is 19. The molecule has 31 heteroatoms. The Hall–Kier alpha value is -17.9. The Morgan fingerprint density at radius 3 is 1.67 bits per heavy atom. The summed E-state index contributed by atoms with van der Waals surface area (Å²) in [5.74, 6) is 8.24. The van der Waals surface area contributed by atoms with Gasteiger partial charge in [0.25, 0.3) is 0 Å². The highest BCUT2D eigenvalue weighted by molar-refractivity contribution is 7.18. The Morgan fingerprint density at radius 2 is 0.987 bits per heavy atom. The summed E-state index contributed by atoms with van der Waals surface area (Å²) in [6.07, 6.45) is 57.6. The summed E-state index contributed by atoms with van der Waals surface area (Å²) in [7, 11) is 1.99. The second-order valence-electron chi connectivity index (χ2n) is 38.3. The van der Waals surface area contributed by atoms with Gasteiger partial charge in [-0.1, -0.05) is 69.7 Å². The number of aromatic amines is 5. The fraction of sp³-hybridized carbons (Fsp3) is 0.218. The van der Waals surface area contributed by atoms with Crippen molar-refractivity contribution >= 4 is 174 Å². The summed E-state index contributed by atoms with van der Waals surface area (Å²) >= 11 is 1.65. The number of hydrogen-bond acceptors (Lipinski definition) is 25. The van der Waals surface area contributed by atoms with Crippen molar-refractivity contribution in [3.05, 3.63) is 381 Å². The number of nitrogens with one attached hydrogen (secondary N) is 5. The lowest BCUT2D eigenvalue weighted by atomic mass is 10.0. The van der Waals surface area contributed by atoms with E-state index in [9.17, 15) is 0 Å². The molecule has 0 amide bonds. The van der Waals surface area contributed by atoms with E-state index in [0.29, 0.717) is 64.1 Å². The molecule has 28 rings (SSSR count). The van der Waals surface area contributed by atoms with Crippen LogP contribution in [0.1, 0.15) is 178 Å². The van der Waals surface area contributed by atoms with Crippen LogP contribution in [0.25, 0.3) is 104 Å². The van der Waals surface area contributed by atoms with Crippen molar-refractivity contribution in [1.82, 2.24) is 94.3 Å². The van der Waals surface area contributed by atoms with E-state index in [1.165, 1.54) is 154 Å². The summed E-state index contributed by atoms with van der Waals surface area (Å²) in [5, 5.41) is 11.4. The monoisotopic (exact) mass is 2020 g/mol. The molecular formula is C119H133N29OS. The van der Waals surface area contributed by atoms with Gasteiger partial charge < -0.3 is 91.2 Å². The van der Waals surface area contributed by atoms with Crippen LogP contribution >= 0.6 is 11.3 Å². The van der Waals surface area contributed by atoms with Crippen LogP contribution < -0.4 is 57.3 Å². The van der Waals surface area contributed by atoms with E-state index in [1.54, 1.807) is 92.0 Å². The number of furan rings is 1. The Labute approximate surface area is 876 Å². The highest BCUT2D eigenvalue weighted by Gasteiger charge is 2.24. The van der Waals surface area contributed by atoms with E-state index >= 15 is 0 Å². The van der Waals surface area contributed by atoms with E-state index in [-0.39, 0.29) is 0 Å². The molecule has 1 aromatic carbocycles. The molecule has 766 valence electrons. The van der Waals surface area contributed by atoms with Gasteiger partial charge in [-0.25, -0.2) is 44.9 Å². The van der Waals surface area contributed by atoms with Crippen molar-refractivity contribution in [1.29, 1.82) is 0 Å². The van der Waals surface area contributed by atoms with Gasteiger partial charge in [-0.15, -0.1) is 11.3 Å². The number of nitrogens with zero attached hydrogens (tertiary/aromatic N) is 14. The number of allylic oxidation sites excluding steroid dienone is 4. The zero-order chi connectivity index (χ0) is 106. The summed E-state index contributed by atoms with van der Waals surface area (Å²) in [6.45, 7) is 27.4. The van der Waals surface area contributed by atoms with Gasteiger partial charge in [-0.2, -0.15) is 0 Å². The molecule has 6 aliphatic carbocycles. The number of pyridine rings is 13. The minimum atomic E-state index is 0.454. The number of H-pyrrole nitrogens is 5. The maximum Gasteiger partial charge on any atom is 0.176 e. The summed E-state index contributed by atoms with van der Waals surface area (Å²) in [5.41, 5.74) is 91.7. The fourth-order valence-corrected chi connectivity index (χ4v) is 19.9. The summed E-state index contributed by atoms with van der Waals surface area (Å²) in [4.78, 5) is 67.9. The van der Waals surface area contributed by atoms with Crippen LogP contribution in [-0.2, 0) is 45.6 Å². The van der Waals surface area contributed by atoms with E-state index < -0.39 is 0 Å². The van der Waals surface area contributed by atoms with Gasteiger partial charge in [-0.3, -0.25) is 19.9 Å². The molecule has 22 aromatic rings. The molecule has 30 nitrogen and oxygen atoms in total. The predicted octanol–water partition coefficient (Wildman–Crippen LogP) is 24.5. The zero-order valence-electron chi connectivity index (χ0n) is 87.4. The zero-order valence-corrected chi connectivity index (χ0v) is 88.2. The molecule has 21 aromatic heterocycles. The smallest absolute Gasteiger partial charge is 0.176 e.